The molecule has 3 heteroatoms. The molecule has 0 amide bonds. The number of halogens is 1. The molecule has 2 heterocycles. The van der Waals surface area contributed by atoms with Crippen LogP contribution in [0.4, 0.5) is 0 Å². The smallest absolute Gasteiger partial charge is 0.0888 e. The van der Waals surface area contributed by atoms with Gasteiger partial charge < -0.3 is 0 Å². The number of aromatic nitrogens is 1. The zero-order valence-electron chi connectivity index (χ0n) is 7.20. The Morgan fingerprint density at radius 3 is 3.00 bits per heavy atom. The Hall–Kier alpha value is -0.930. The van der Waals surface area contributed by atoms with E-state index in [-0.39, 0.29) is 0 Å². The van der Waals surface area contributed by atoms with Crippen LogP contribution in [0.3, 0.4) is 0 Å². The molecule has 3 rings (SSSR count). The van der Waals surface area contributed by atoms with Crippen molar-refractivity contribution in [2.45, 2.75) is 0 Å². The third kappa shape index (κ3) is 1.16. The van der Waals surface area contributed by atoms with Crippen LogP contribution in [-0.2, 0) is 0 Å². The summed E-state index contributed by atoms with van der Waals surface area (Å²) in [6.45, 7) is 0. The molecule has 0 bridgehead atoms. The topological polar surface area (TPSA) is 12.9 Å². The van der Waals surface area contributed by atoms with Crippen LogP contribution in [0.2, 0.25) is 0 Å². The lowest BCUT2D eigenvalue weighted by atomic mass is 10.2. The molecule has 68 valence electrons. The molecular weight excluding hydrogens is 258 g/mol. The molecule has 1 nitrogen and oxygen atoms in total. The molecule has 0 aliphatic heterocycles. The molecule has 3 aromatic rings. The first-order valence-electron chi connectivity index (χ1n) is 4.27. The standard InChI is InChI=1S/C11H6BrNS/c12-7-3-4-9-8(6-7)11-10(14-9)2-1-5-13-11/h1-6H. The van der Waals surface area contributed by atoms with Gasteiger partial charge in [-0.3, -0.25) is 4.98 Å². The Morgan fingerprint density at radius 1 is 1.14 bits per heavy atom. The summed E-state index contributed by atoms with van der Waals surface area (Å²) in [5.74, 6) is 0. The van der Waals surface area contributed by atoms with Crippen molar-refractivity contribution in [1.82, 2.24) is 4.98 Å². The molecule has 2 aromatic heterocycles. The summed E-state index contributed by atoms with van der Waals surface area (Å²) in [4.78, 5) is 4.40. The average Bonchev–Trinajstić information content (AvgIpc) is 2.56. The average molecular weight is 264 g/mol. The molecule has 1 aromatic carbocycles. The fourth-order valence-electron chi connectivity index (χ4n) is 1.57. The van der Waals surface area contributed by atoms with E-state index in [1.807, 2.05) is 12.3 Å². The Kier molecular flexibility index (Phi) is 1.82. The highest BCUT2D eigenvalue weighted by molar-refractivity contribution is 9.10. The molecule has 0 unspecified atom stereocenters. The second-order valence-corrected chi connectivity index (χ2v) is 5.09. The van der Waals surface area contributed by atoms with Gasteiger partial charge in [-0.2, -0.15) is 0 Å². The minimum absolute atomic E-state index is 1.11. The third-order valence-corrected chi connectivity index (χ3v) is 3.81. The van der Waals surface area contributed by atoms with Crippen LogP contribution in [0.15, 0.2) is 41.0 Å². The molecular formula is C11H6BrNS. The van der Waals surface area contributed by atoms with E-state index in [0.29, 0.717) is 0 Å². The summed E-state index contributed by atoms with van der Waals surface area (Å²) in [5.41, 5.74) is 1.11. The van der Waals surface area contributed by atoms with E-state index in [2.05, 4.69) is 45.2 Å². The lowest BCUT2D eigenvalue weighted by Crippen LogP contribution is -1.71. The number of fused-ring (bicyclic) bond motifs is 3. The molecule has 0 aliphatic carbocycles. The summed E-state index contributed by atoms with van der Waals surface area (Å²) in [5, 5.41) is 1.24. The Labute approximate surface area is 93.5 Å². The SMILES string of the molecule is Brc1ccc2sc3cccnc3c2c1. The van der Waals surface area contributed by atoms with E-state index in [4.69, 9.17) is 0 Å². The zero-order chi connectivity index (χ0) is 9.54. The van der Waals surface area contributed by atoms with Gasteiger partial charge in [-0.25, -0.2) is 0 Å². The van der Waals surface area contributed by atoms with Gasteiger partial charge in [0.25, 0.3) is 0 Å². The first-order valence-corrected chi connectivity index (χ1v) is 5.88. The number of hydrogen-bond donors (Lipinski definition) is 0. The van der Waals surface area contributed by atoms with Crippen LogP contribution in [-0.4, -0.2) is 4.98 Å². The van der Waals surface area contributed by atoms with Crippen LogP contribution in [0.25, 0.3) is 20.3 Å². The number of pyridine rings is 1. The lowest BCUT2D eigenvalue weighted by Gasteiger charge is -1.91. The van der Waals surface area contributed by atoms with Gasteiger partial charge in [0, 0.05) is 20.8 Å². The van der Waals surface area contributed by atoms with Crippen LogP contribution < -0.4 is 0 Å². The van der Waals surface area contributed by atoms with E-state index in [1.165, 1.54) is 14.8 Å². The van der Waals surface area contributed by atoms with Crippen LogP contribution >= 0.6 is 27.3 Å². The zero-order valence-corrected chi connectivity index (χ0v) is 9.60. The summed E-state index contributed by atoms with van der Waals surface area (Å²) in [6.07, 6.45) is 1.84. The monoisotopic (exact) mass is 263 g/mol. The van der Waals surface area contributed by atoms with E-state index >= 15 is 0 Å². The molecule has 0 spiro atoms. The van der Waals surface area contributed by atoms with Crippen LogP contribution in [0.1, 0.15) is 0 Å². The van der Waals surface area contributed by atoms with Gasteiger partial charge in [-0.05, 0) is 30.3 Å². The van der Waals surface area contributed by atoms with Gasteiger partial charge in [0.2, 0.25) is 0 Å². The molecule has 0 aliphatic rings. The second-order valence-electron chi connectivity index (χ2n) is 3.09. The lowest BCUT2D eigenvalue weighted by molar-refractivity contribution is 1.44. The highest BCUT2D eigenvalue weighted by Crippen LogP contribution is 2.33. The first kappa shape index (κ1) is 8.38. The van der Waals surface area contributed by atoms with Crippen molar-refractivity contribution < 1.29 is 0 Å². The maximum atomic E-state index is 4.40. The minimum atomic E-state index is 1.11. The van der Waals surface area contributed by atoms with Crippen molar-refractivity contribution in [1.29, 1.82) is 0 Å². The number of thiophene rings is 1. The molecule has 0 radical (unpaired) electrons. The van der Waals surface area contributed by atoms with Crippen molar-refractivity contribution in [2.75, 3.05) is 0 Å². The van der Waals surface area contributed by atoms with Crippen molar-refractivity contribution in [3.05, 3.63) is 41.0 Å². The number of hydrogen-bond acceptors (Lipinski definition) is 2. The van der Waals surface area contributed by atoms with Gasteiger partial charge >= 0.3 is 0 Å². The third-order valence-electron chi connectivity index (χ3n) is 2.19. The fraction of sp³-hybridized carbons (Fsp3) is 0. The Bertz CT molecular complexity index is 615. The number of rotatable bonds is 0. The van der Waals surface area contributed by atoms with Gasteiger partial charge in [-0.1, -0.05) is 15.9 Å². The number of benzene rings is 1. The van der Waals surface area contributed by atoms with Gasteiger partial charge in [0.1, 0.15) is 0 Å². The summed E-state index contributed by atoms with van der Waals surface area (Å²) < 4.78 is 3.65. The first-order chi connectivity index (χ1) is 6.84. The van der Waals surface area contributed by atoms with Gasteiger partial charge in [-0.15, -0.1) is 11.3 Å². The van der Waals surface area contributed by atoms with E-state index in [9.17, 15) is 0 Å². The predicted molar refractivity (Wildman–Crippen MR) is 64.8 cm³/mol. The Morgan fingerprint density at radius 2 is 2.07 bits per heavy atom. The highest BCUT2D eigenvalue weighted by atomic mass is 79.9. The van der Waals surface area contributed by atoms with E-state index in [0.717, 1.165) is 9.99 Å². The molecule has 0 saturated carbocycles. The summed E-state index contributed by atoms with van der Waals surface area (Å²) in [6, 6.07) is 10.4. The van der Waals surface area contributed by atoms with Crippen molar-refractivity contribution in [3.8, 4) is 0 Å². The maximum Gasteiger partial charge on any atom is 0.0888 e. The molecule has 0 N–H and O–H groups in total. The molecule has 0 atom stereocenters. The Balaban J connectivity index is 2.58. The van der Waals surface area contributed by atoms with Crippen LogP contribution in [0, 0.1) is 0 Å². The summed E-state index contributed by atoms with van der Waals surface area (Å²) >= 11 is 5.27. The van der Waals surface area contributed by atoms with Gasteiger partial charge in [0.15, 0.2) is 0 Å². The second kappa shape index (κ2) is 3.04. The highest BCUT2D eigenvalue weighted by Gasteiger charge is 2.04. The normalized spacial score (nSPS) is 11.2. The quantitative estimate of drug-likeness (QED) is 0.592. The molecule has 14 heavy (non-hydrogen) atoms. The number of nitrogens with zero attached hydrogens (tertiary/aromatic N) is 1. The maximum absolute atomic E-state index is 4.40. The van der Waals surface area contributed by atoms with Gasteiger partial charge in [0.05, 0.1) is 10.2 Å². The minimum Gasteiger partial charge on any atom is -0.255 e. The molecule has 0 fully saturated rings. The molecule has 0 saturated heterocycles. The fourth-order valence-corrected chi connectivity index (χ4v) is 2.98. The van der Waals surface area contributed by atoms with Crippen molar-refractivity contribution >= 4 is 47.6 Å². The largest absolute Gasteiger partial charge is 0.255 e. The predicted octanol–water partition coefficient (Wildman–Crippen LogP) is 4.21. The summed E-state index contributed by atoms with van der Waals surface area (Å²) in [7, 11) is 0. The van der Waals surface area contributed by atoms with Crippen molar-refractivity contribution in [2.24, 2.45) is 0 Å². The van der Waals surface area contributed by atoms with Crippen molar-refractivity contribution in [3.63, 3.8) is 0 Å². The van der Waals surface area contributed by atoms with E-state index in [1.54, 1.807) is 11.3 Å². The van der Waals surface area contributed by atoms with E-state index < -0.39 is 0 Å². The van der Waals surface area contributed by atoms with Crippen LogP contribution in [0.5, 0.6) is 0 Å².